The van der Waals surface area contributed by atoms with Gasteiger partial charge >= 0.3 is 0 Å². The maximum atomic E-state index is 13.0. The molecule has 0 unspecified atom stereocenters. The van der Waals surface area contributed by atoms with Crippen LogP contribution in [0.5, 0.6) is 0 Å². The third-order valence-corrected chi connectivity index (χ3v) is 9.33. The van der Waals surface area contributed by atoms with Crippen LogP contribution in [0.2, 0.25) is 0 Å². The van der Waals surface area contributed by atoms with Crippen molar-refractivity contribution in [3.05, 3.63) is 59.9 Å². The van der Waals surface area contributed by atoms with Gasteiger partial charge in [0.25, 0.3) is 5.91 Å². The lowest BCUT2D eigenvalue weighted by atomic mass is 10.1. The van der Waals surface area contributed by atoms with E-state index in [4.69, 9.17) is 0 Å². The van der Waals surface area contributed by atoms with Crippen molar-refractivity contribution >= 4 is 25.8 Å². The van der Waals surface area contributed by atoms with Gasteiger partial charge in [-0.1, -0.05) is 13.8 Å². The van der Waals surface area contributed by atoms with E-state index >= 15 is 0 Å². The summed E-state index contributed by atoms with van der Waals surface area (Å²) < 4.78 is 64.6. The van der Waals surface area contributed by atoms with Gasteiger partial charge < -0.3 is 4.90 Å². The number of hydrogen-bond acceptors (Lipinski definition) is 5. The zero-order valence-corrected chi connectivity index (χ0v) is 18.3. The van der Waals surface area contributed by atoms with Gasteiger partial charge in [0.15, 0.2) is 9.84 Å². The highest BCUT2D eigenvalue weighted by Gasteiger charge is 2.40. The van der Waals surface area contributed by atoms with Crippen LogP contribution < -0.4 is 0 Å². The molecule has 1 heterocycles. The fourth-order valence-electron chi connectivity index (χ4n) is 3.28. The molecule has 0 spiro atoms. The molecule has 7 nitrogen and oxygen atoms in total. The van der Waals surface area contributed by atoms with E-state index in [1.165, 1.54) is 45.6 Å². The minimum atomic E-state index is -3.65. The molecule has 10 heteroatoms. The van der Waals surface area contributed by atoms with Gasteiger partial charge in [-0.05, 0) is 48.5 Å². The van der Waals surface area contributed by atoms with Crippen LogP contribution in [-0.2, 0) is 19.9 Å². The predicted molar refractivity (Wildman–Crippen MR) is 110 cm³/mol. The van der Waals surface area contributed by atoms with Gasteiger partial charge in [-0.3, -0.25) is 4.79 Å². The molecule has 162 valence electrons. The lowest BCUT2D eigenvalue weighted by molar-refractivity contribution is 0.0658. The average Bonchev–Trinajstić information content (AvgIpc) is 2.67. The van der Waals surface area contributed by atoms with Gasteiger partial charge in [-0.2, -0.15) is 4.31 Å². The first-order valence-electron chi connectivity index (χ1n) is 9.50. The Bertz CT molecular complexity index is 1120. The van der Waals surface area contributed by atoms with Crippen molar-refractivity contribution < 1.29 is 26.0 Å². The molecule has 0 radical (unpaired) electrons. The summed E-state index contributed by atoms with van der Waals surface area (Å²) in [6, 6.07) is 10.2. The normalized spacial score (nSPS) is 15.3. The van der Waals surface area contributed by atoms with Crippen LogP contribution in [0.15, 0.2) is 58.3 Å². The molecular weight excluding hydrogens is 431 g/mol. The lowest BCUT2D eigenvalue weighted by Crippen LogP contribution is -2.56. The van der Waals surface area contributed by atoms with Crippen molar-refractivity contribution in [1.82, 2.24) is 9.21 Å². The van der Waals surface area contributed by atoms with Crippen LogP contribution in [0.4, 0.5) is 4.39 Å². The summed E-state index contributed by atoms with van der Waals surface area (Å²) in [7, 11) is -7.27. The molecular formula is C20H23FN2O5S2. The highest BCUT2D eigenvalue weighted by atomic mass is 32.2. The molecule has 30 heavy (non-hydrogen) atoms. The highest BCUT2D eigenvalue weighted by molar-refractivity contribution is 7.92. The second-order valence-electron chi connectivity index (χ2n) is 6.94. The van der Waals surface area contributed by atoms with Crippen LogP contribution >= 0.6 is 0 Å². The first-order valence-corrected chi connectivity index (χ1v) is 12.5. The van der Waals surface area contributed by atoms with E-state index < -0.39 is 30.9 Å². The molecule has 2 aromatic rings. The van der Waals surface area contributed by atoms with Gasteiger partial charge in [-0.15, -0.1) is 0 Å². The SMILES string of the molecule is CCN(CC)S(=O)(=O)c1ccc(C(=O)N2CC(S(=O)(=O)c3ccc(F)cc3)C2)cc1. The minimum absolute atomic E-state index is 0.0203. The number of nitrogens with zero attached hydrogens (tertiary/aromatic N) is 2. The fraction of sp³-hybridized carbons (Fsp3) is 0.350. The van der Waals surface area contributed by atoms with Gasteiger partial charge in [0.1, 0.15) is 11.1 Å². The fourth-order valence-corrected chi connectivity index (χ4v) is 6.39. The Morgan fingerprint density at radius 2 is 1.43 bits per heavy atom. The van der Waals surface area contributed by atoms with Crippen molar-refractivity contribution in [2.24, 2.45) is 0 Å². The number of rotatable bonds is 7. The largest absolute Gasteiger partial charge is 0.336 e. The zero-order chi connectivity index (χ0) is 22.1. The van der Waals surface area contributed by atoms with E-state index in [0.717, 1.165) is 12.1 Å². The summed E-state index contributed by atoms with van der Waals surface area (Å²) in [6.07, 6.45) is 0. The molecule has 0 saturated carbocycles. The minimum Gasteiger partial charge on any atom is -0.336 e. The number of carbonyl (C=O) groups is 1. The number of sulfone groups is 1. The van der Waals surface area contributed by atoms with Crippen molar-refractivity contribution in [1.29, 1.82) is 0 Å². The van der Waals surface area contributed by atoms with Crippen molar-refractivity contribution in [2.75, 3.05) is 26.2 Å². The summed E-state index contributed by atoms with van der Waals surface area (Å²) in [4.78, 5) is 14.1. The summed E-state index contributed by atoms with van der Waals surface area (Å²) >= 11 is 0. The monoisotopic (exact) mass is 454 g/mol. The molecule has 0 bridgehead atoms. The lowest BCUT2D eigenvalue weighted by Gasteiger charge is -2.38. The molecule has 3 rings (SSSR count). The van der Waals surface area contributed by atoms with Crippen molar-refractivity contribution in [2.45, 2.75) is 28.9 Å². The number of benzene rings is 2. The standard InChI is InChI=1S/C20H23FN2O5S2/c1-3-23(4-2)30(27,28)18-9-5-15(6-10-18)20(24)22-13-19(14-22)29(25,26)17-11-7-16(21)8-12-17/h5-12,19H,3-4,13-14H2,1-2H3. The molecule has 0 N–H and O–H groups in total. The van der Waals surface area contributed by atoms with Crippen molar-refractivity contribution in [3.8, 4) is 0 Å². The first-order chi connectivity index (χ1) is 14.1. The number of amides is 1. The molecule has 1 aliphatic rings. The molecule has 1 amide bonds. The van der Waals surface area contributed by atoms with E-state index in [0.29, 0.717) is 13.1 Å². The zero-order valence-electron chi connectivity index (χ0n) is 16.7. The summed E-state index contributed by atoms with van der Waals surface area (Å²) in [5, 5.41) is -0.755. The quantitative estimate of drug-likeness (QED) is 0.598. The van der Waals surface area contributed by atoms with E-state index in [9.17, 15) is 26.0 Å². The molecule has 0 atom stereocenters. The van der Waals surface area contributed by atoms with Crippen LogP contribution in [0.25, 0.3) is 0 Å². The number of sulfonamides is 1. The van der Waals surface area contributed by atoms with Gasteiger partial charge in [0.05, 0.1) is 9.79 Å². The Hall–Kier alpha value is -2.30. The van der Waals surface area contributed by atoms with Gasteiger partial charge in [0.2, 0.25) is 10.0 Å². The second kappa shape index (κ2) is 8.44. The molecule has 0 aliphatic carbocycles. The molecule has 1 aliphatic heterocycles. The van der Waals surface area contributed by atoms with Gasteiger partial charge in [0, 0.05) is 31.7 Å². The summed E-state index contributed by atoms with van der Waals surface area (Å²) in [5.74, 6) is -0.891. The number of halogens is 1. The van der Waals surface area contributed by atoms with Crippen LogP contribution in [-0.4, -0.2) is 63.4 Å². The van der Waals surface area contributed by atoms with Crippen LogP contribution in [0, 0.1) is 5.82 Å². The first kappa shape index (κ1) is 22.4. The summed E-state index contributed by atoms with van der Waals surface area (Å²) in [5.41, 5.74) is 0.283. The maximum Gasteiger partial charge on any atom is 0.253 e. The smallest absolute Gasteiger partial charge is 0.253 e. The van der Waals surface area contributed by atoms with Gasteiger partial charge in [-0.25, -0.2) is 21.2 Å². The third kappa shape index (κ3) is 4.12. The summed E-state index contributed by atoms with van der Waals surface area (Å²) in [6.45, 7) is 4.24. The predicted octanol–water partition coefficient (Wildman–Crippen LogP) is 2.15. The Labute approximate surface area is 176 Å². The number of hydrogen-bond donors (Lipinski definition) is 0. The highest BCUT2D eigenvalue weighted by Crippen LogP contribution is 2.26. The number of carbonyl (C=O) groups excluding carboxylic acids is 1. The van der Waals surface area contributed by atoms with E-state index in [-0.39, 0.29) is 34.4 Å². The average molecular weight is 455 g/mol. The number of likely N-dealkylation sites (tertiary alicyclic amines) is 1. The van der Waals surface area contributed by atoms with Crippen molar-refractivity contribution in [3.63, 3.8) is 0 Å². The van der Waals surface area contributed by atoms with E-state index in [2.05, 4.69) is 0 Å². The molecule has 0 aromatic heterocycles. The Morgan fingerprint density at radius 1 is 0.933 bits per heavy atom. The Morgan fingerprint density at radius 3 is 1.93 bits per heavy atom. The molecule has 1 fully saturated rings. The molecule has 2 aromatic carbocycles. The maximum absolute atomic E-state index is 13.0. The Kier molecular flexibility index (Phi) is 6.30. The third-order valence-electron chi connectivity index (χ3n) is 5.16. The topological polar surface area (TPSA) is 91.8 Å². The van der Waals surface area contributed by atoms with E-state index in [1.807, 2.05) is 0 Å². The van der Waals surface area contributed by atoms with Crippen LogP contribution in [0.1, 0.15) is 24.2 Å². The molecule has 1 saturated heterocycles. The van der Waals surface area contributed by atoms with E-state index in [1.54, 1.807) is 13.8 Å². The van der Waals surface area contributed by atoms with Crippen LogP contribution in [0.3, 0.4) is 0 Å². The second-order valence-corrected chi connectivity index (χ2v) is 11.1. The Balaban J connectivity index is 1.68.